The average Bonchev–Trinajstić information content (AvgIpc) is 3.57. The third kappa shape index (κ3) is 6.17. The largest absolute Gasteiger partial charge is 0.404 e. The molecule has 0 atom stereocenters. The first-order chi connectivity index (χ1) is 21.3. The lowest BCUT2D eigenvalue weighted by Crippen LogP contribution is -2.67. The van der Waals surface area contributed by atoms with Gasteiger partial charge in [0.15, 0.2) is 9.84 Å². The molecule has 8 heteroatoms. The molecule has 1 fully saturated rings. The monoisotopic (exact) mass is 641 g/mol. The standard InChI is InChI=1S/C37H47N3O3SSi/c1-36(2,3)40-35(38-29-19-22-34-28(25-29)23-24-44(34,41)42)26-33(39-40)27-17-20-30(21-18-27)43-45(37(4,5)6,31-13-9-7-10-14-31)32-15-11-8-12-16-32/h7-16,19,22,25-27,30,38H,17-18,20-21,23-24H2,1-6H3. The lowest BCUT2D eigenvalue weighted by atomic mass is 9.85. The Balaban J connectivity index is 1.23. The zero-order valence-electron chi connectivity index (χ0n) is 27.5. The number of anilines is 2. The molecule has 6 rings (SSSR count). The molecule has 1 aliphatic heterocycles. The van der Waals surface area contributed by atoms with E-state index in [9.17, 15) is 8.42 Å². The first-order valence-corrected chi connectivity index (χ1v) is 19.9. The van der Waals surface area contributed by atoms with E-state index in [-0.39, 0.29) is 22.4 Å². The van der Waals surface area contributed by atoms with E-state index in [0.717, 1.165) is 48.4 Å². The number of nitrogens with one attached hydrogen (secondary N) is 1. The van der Waals surface area contributed by atoms with Crippen LogP contribution in [0.25, 0.3) is 0 Å². The van der Waals surface area contributed by atoms with Crippen molar-refractivity contribution in [1.29, 1.82) is 0 Å². The molecule has 1 N–H and O–H groups in total. The fourth-order valence-corrected chi connectivity index (χ4v) is 13.6. The fourth-order valence-electron chi connectivity index (χ4n) is 7.28. The molecule has 2 heterocycles. The van der Waals surface area contributed by atoms with E-state index in [0.29, 0.717) is 17.2 Å². The van der Waals surface area contributed by atoms with Crippen LogP contribution in [0.15, 0.2) is 89.8 Å². The molecule has 238 valence electrons. The second-order valence-electron chi connectivity index (χ2n) is 14.8. The summed E-state index contributed by atoms with van der Waals surface area (Å²) < 4.78 is 34.2. The smallest absolute Gasteiger partial charge is 0.261 e. The van der Waals surface area contributed by atoms with Crippen LogP contribution in [0.2, 0.25) is 5.04 Å². The Hall–Kier alpha value is -3.20. The van der Waals surface area contributed by atoms with Gasteiger partial charge in [0.25, 0.3) is 8.32 Å². The summed E-state index contributed by atoms with van der Waals surface area (Å²) in [5.41, 5.74) is 2.68. The number of hydrogen-bond acceptors (Lipinski definition) is 5. The van der Waals surface area contributed by atoms with Crippen molar-refractivity contribution in [3.8, 4) is 0 Å². The summed E-state index contributed by atoms with van der Waals surface area (Å²) in [6, 6.07) is 29.6. The molecule has 1 aromatic heterocycles. The number of nitrogens with zero attached hydrogens (tertiary/aromatic N) is 2. The predicted molar refractivity (Wildman–Crippen MR) is 186 cm³/mol. The average molecular weight is 642 g/mol. The highest BCUT2D eigenvalue weighted by molar-refractivity contribution is 7.91. The Labute approximate surface area is 270 Å². The van der Waals surface area contributed by atoms with Gasteiger partial charge in [-0.05, 0) is 92.0 Å². The van der Waals surface area contributed by atoms with Gasteiger partial charge in [-0.15, -0.1) is 0 Å². The number of hydrogen-bond donors (Lipinski definition) is 1. The molecule has 3 aromatic carbocycles. The van der Waals surface area contributed by atoms with Gasteiger partial charge in [0.05, 0.1) is 21.9 Å². The molecular formula is C37H47N3O3SSi. The third-order valence-electron chi connectivity index (χ3n) is 9.52. The number of aromatic nitrogens is 2. The molecule has 1 saturated carbocycles. The maximum Gasteiger partial charge on any atom is 0.261 e. The summed E-state index contributed by atoms with van der Waals surface area (Å²) in [4.78, 5) is 0.468. The highest BCUT2D eigenvalue weighted by atomic mass is 32.2. The molecule has 2 aliphatic rings. The van der Waals surface area contributed by atoms with Gasteiger partial charge in [-0.1, -0.05) is 81.4 Å². The minimum Gasteiger partial charge on any atom is -0.404 e. The van der Waals surface area contributed by atoms with Crippen LogP contribution in [0.1, 0.15) is 84.4 Å². The lowest BCUT2D eigenvalue weighted by Gasteiger charge is -2.46. The van der Waals surface area contributed by atoms with Gasteiger partial charge in [0.2, 0.25) is 0 Å². The number of aryl methyl sites for hydroxylation is 1. The van der Waals surface area contributed by atoms with E-state index in [1.807, 2.05) is 12.1 Å². The maximum absolute atomic E-state index is 12.3. The summed E-state index contributed by atoms with van der Waals surface area (Å²) in [5, 5.41) is 11.3. The molecule has 0 bridgehead atoms. The van der Waals surface area contributed by atoms with E-state index in [1.165, 1.54) is 10.4 Å². The van der Waals surface area contributed by atoms with E-state index in [2.05, 4.69) is 118 Å². The fraction of sp³-hybridized carbons (Fsp3) is 0.432. The molecule has 0 unspecified atom stereocenters. The third-order valence-corrected chi connectivity index (χ3v) is 16.4. The summed E-state index contributed by atoms with van der Waals surface area (Å²) in [7, 11) is -5.74. The molecule has 0 spiro atoms. The van der Waals surface area contributed by atoms with Crippen molar-refractivity contribution < 1.29 is 12.8 Å². The minimum atomic E-state index is -3.15. The second-order valence-corrected chi connectivity index (χ2v) is 21.1. The first kappa shape index (κ1) is 31.8. The molecule has 0 amide bonds. The van der Waals surface area contributed by atoms with Crippen molar-refractivity contribution in [2.24, 2.45) is 0 Å². The van der Waals surface area contributed by atoms with Crippen molar-refractivity contribution in [2.75, 3.05) is 11.1 Å². The van der Waals surface area contributed by atoms with Gasteiger partial charge in [-0.2, -0.15) is 5.10 Å². The summed E-state index contributed by atoms with van der Waals surface area (Å²) in [6.07, 6.45) is 4.81. The molecule has 1 aliphatic carbocycles. The SMILES string of the molecule is CC(C)(C)n1nc(C2CCC(O[Si](c3ccccc3)(c3ccccc3)C(C)(C)C)CC2)cc1Nc1ccc2c(c1)CCS2(=O)=O. The van der Waals surface area contributed by atoms with Crippen LogP contribution in [0, 0.1) is 0 Å². The topological polar surface area (TPSA) is 73.2 Å². The summed E-state index contributed by atoms with van der Waals surface area (Å²) >= 11 is 0. The Morgan fingerprint density at radius 1 is 0.822 bits per heavy atom. The maximum atomic E-state index is 12.3. The summed E-state index contributed by atoms with van der Waals surface area (Å²) in [6.45, 7) is 13.5. The number of sulfone groups is 1. The van der Waals surface area contributed by atoms with Crippen LogP contribution in [-0.4, -0.2) is 38.4 Å². The highest BCUT2D eigenvalue weighted by Crippen LogP contribution is 2.42. The first-order valence-electron chi connectivity index (χ1n) is 16.3. The van der Waals surface area contributed by atoms with Crippen LogP contribution in [0.3, 0.4) is 0 Å². The second kappa shape index (κ2) is 11.9. The van der Waals surface area contributed by atoms with Crippen LogP contribution < -0.4 is 15.7 Å². The minimum absolute atomic E-state index is 0.0413. The van der Waals surface area contributed by atoms with Gasteiger partial charge in [0.1, 0.15) is 5.82 Å². The Morgan fingerprint density at radius 3 is 1.98 bits per heavy atom. The highest BCUT2D eigenvalue weighted by Gasteiger charge is 2.51. The summed E-state index contributed by atoms with van der Waals surface area (Å²) in [5.74, 6) is 1.49. The predicted octanol–water partition coefficient (Wildman–Crippen LogP) is 7.31. The van der Waals surface area contributed by atoms with Crippen molar-refractivity contribution >= 4 is 40.0 Å². The molecule has 0 radical (unpaired) electrons. The van der Waals surface area contributed by atoms with Crippen molar-refractivity contribution in [3.05, 3.63) is 96.2 Å². The van der Waals surface area contributed by atoms with E-state index >= 15 is 0 Å². The molecule has 4 aromatic rings. The Morgan fingerprint density at radius 2 is 1.42 bits per heavy atom. The zero-order valence-corrected chi connectivity index (χ0v) is 29.3. The van der Waals surface area contributed by atoms with E-state index in [4.69, 9.17) is 9.52 Å². The van der Waals surface area contributed by atoms with Gasteiger partial charge in [-0.25, -0.2) is 13.1 Å². The van der Waals surface area contributed by atoms with E-state index in [1.54, 1.807) is 6.07 Å². The van der Waals surface area contributed by atoms with Crippen LogP contribution >= 0.6 is 0 Å². The molecular weight excluding hydrogens is 595 g/mol. The Kier molecular flexibility index (Phi) is 8.38. The number of rotatable bonds is 7. The van der Waals surface area contributed by atoms with Crippen molar-refractivity contribution in [3.63, 3.8) is 0 Å². The molecule has 6 nitrogen and oxygen atoms in total. The number of fused-ring (bicyclic) bond motifs is 1. The van der Waals surface area contributed by atoms with Crippen LogP contribution in [0.5, 0.6) is 0 Å². The normalized spacial score (nSPS) is 20.1. The Bertz CT molecular complexity index is 1710. The van der Waals surface area contributed by atoms with Crippen molar-refractivity contribution in [1.82, 2.24) is 9.78 Å². The van der Waals surface area contributed by atoms with E-state index < -0.39 is 18.2 Å². The molecule has 0 saturated heterocycles. The van der Waals surface area contributed by atoms with Gasteiger partial charge < -0.3 is 9.74 Å². The zero-order chi connectivity index (χ0) is 32.0. The quantitative estimate of drug-likeness (QED) is 0.214. The van der Waals surface area contributed by atoms with Gasteiger partial charge in [0, 0.05) is 23.8 Å². The van der Waals surface area contributed by atoms with Crippen molar-refractivity contribution in [2.45, 2.75) is 101 Å². The van der Waals surface area contributed by atoms with Crippen LogP contribution in [-0.2, 0) is 26.2 Å². The lowest BCUT2D eigenvalue weighted by molar-refractivity contribution is 0.134. The molecule has 45 heavy (non-hydrogen) atoms. The van der Waals surface area contributed by atoms with Gasteiger partial charge in [-0.3, -0.25) is 0 Å². The van der Waals surface area contributed by atoms with Gasteiger partial charge >= 0.3 is 0 Å². The number of benzene rings is 3. The van der Waals surface area contributed by atoms with Crippen LogP contribution in [0.4, 0.5) is 11.5 Å².